The van der Waals surface area contributed by atoms with E-state index in [2.05, 4.69) is 184 Å². The van der Waals surface area contributed by atoms with Crippen molar-refractivity contribution in [3.8, 4) is 51.0 Å². The molecule has 0 radical (unpaired) electrons. The second-order valence-corrected chi connectivity index (χ2v) is 19.4. The van der Waals surface area contributed by atoms with Gasteiger partial charge in [0.1, 0.15) is 0 Å². The van der Waals surface area contributed by atoms with E-state index >= 15 is 0 Å². The zero-order chi connectivity index (χ0) is 41.7. The number of benzene rings is 8. The van der Waals surface area contributed by atoms with Gasteiger partial charge in [0.15, 0.2) is 17.5 Å². The summed E-state index contributed by atoms with van der Waals surface area (Å²) in [5.41, 5.74) is 12.0. The van der Waals surface area contributed by atoms with Gasteiger partial charge < -0.3 is 4.57 Å². The van der Waals surface area contributed by atoms with Crippen LogP contribution in [0, 0.1) is 0 Å². The van der Waals surface area contributed by atoms with Gasteiger partial charge >= 0.3 is 0 Å². The fourth-order valence-corrected chi connectivity index (χ4v) is 11.1. The number of hydrogen-bond acceptors (Lipinski definition) is 4. The molecule has 0 amide bonds. The lowest BCUT2D eigenvalue weighted by Crippen LogP contribution is -2.33. The first-order valence-corrected chi connectivity index (χ1v) is 22.5. The van der Waals surface area contributed by atoms with E-state index in [0.29, 0.717) is 17.5 Å². The Morgan fingerprint density at radius 3 is 1.85 bits per heavy atom. The molecule has 62 heavy (non-hydrogen) atoms. The van der Waals surface area contributed by atoms with Gasteiger partial charge in [-0.05, 0) is 111 Å². The van der Waals surface area contributed by atoms with Gasteiger partial charge in [-0.3, -0.25) is 0 Å². The molecule has 3 heterocycles. The zero-order valence-corrected chi connectivity index (χ0v) is 36.1. The average molecular weight is 817 g/mol. The minimum atomic E-state index is 0.106. The van der Waals surface area contributed by atoms with E-state index in [0.717, 1.165) is 33.3 Å². The Morgan fingerprint density at radius 2 is 1.05 bits per heavy atom. The van der Waals surface area contributed by atoms with Crippen LogP contribution in [0.3, 0.4) is 0 Å². The molecule has 1 aliphatic carbocycles. The third-order valence-electron chi connectivity index (χ3n) is 13.5. The molecule has 8 aromatic carbocycles. The number of fused-ring (bicyclic) bond motifs is 8. The maximum Gasteiger partial charge on any atom is 0.164 e. The van der Waals surface area contributed by atoms with Gasteiger partial charge in [0, 0.05) is 53.3 Å². The van der Waals surface area contributed by atoms with Crippen LogP contribution in [0.15, 0.2) is 170 Å². The molecule has 5 heteroatoms. The highest BCUT2D eigenvalue weighted by atomic mass is 32.1. The van der Waals surface area contributed by atoms with E-state index in [1.165, 1.54) is 76.9 Å². The standard InChI is InChI=1S/C57H44N4S/c1-56(2)28-29-57(3,4)47-34-49-45(33-46(47)56)43-18-8-10-21-48(43)61(49)41-27-26-35-24-25-39(31-40(35)32-41)55-59-53(36-14-6-5-7-15-36)58-54(60-55)38-17-12-16-37(30-38)42-20-13-23-51-52(42)44-19-9-11-22-50(44)62-51/h5-27,30-34H,28-29H2,1-4H3. The highest BCUT2D eigenvalue weighted by Crippen LogP contribution is 2.49. The van der Waals surface area contributed by atoms with E-state index in [1.807, 2.05) is 29.5 Å². The van der Waals surface area contributed by atoms with Crippen LogP contribution >= 0.6 is 11.3 Å². The lowest BCUT2D eigenvalue weighted by molar-refractivity contribution is 0.332. The Morgan fingerprint density at radius 1 is 0.435 bits per heavy atom. The molecule has 0 aliphatic heterocycles. The third-order valence-corrected chi connectivity index (χ3v) is 14.6. The quantitative estimate of drug-likeness (QED) is 0.174. The van der Waals surface area contributed by atoms with Gasteiger partial charge in [-0.2, -0.15) is 0 Å². The normalized spacial score (nSPS) is 14.6. The monoisotopic (exact) mass is 816 g/mol. The summed E-state index contributed by atoms with van der Waals surface area (Å²) in [6.45, 7) is 9.65. The fourth-order valence-electron chi connectivity index (χ4n) is 10.0. The van der Waals surface area contributed by atoms with Crippen LogP contribution in [0.1, 0.15) is 51.7 Å². The van der Waals surface area contributed by atoms with Crippen molar-refractivity contribution in [2.75, 3.05) is 0 Å². The van der Waals surface area contributed by atoms with Crippen molar-refractivity contribution in [3.63, 3.8) is 0 Å². The summed E-state index contributed by atoms with van der Waals surface area (Å²) in [6.07, 6.45) is 2.37. The predicted molar refractivity (Wildman–Crippen MR) is 262 cm³/mol. The highest BCUT2D eigenvalue weighted by Gasteiger charge is 2.38. The molecular weight excluding hydrogens is 773 g/mol. The molecule has 0 saturated carbocycles. The summed E-state index contributed by atoms with van der Waals surface area (Å²) >= 11 is 1.84. The molecule has 0 saturated heterocycles. The molecular formula is C57H44N4S. The Bertz CT molecular complexity index is 3590. The summed E-state index contributed by atoms with van der Waals surface area (Å²) in [5, 5.41) is 7.47. The molecule has 0 bridgehead atoms. The van der Waals surface area contributed by atoms with Crippen LogP contribution in [-0.4, -0.2) is 19.5 Å². The van der Waals surface area contributed by atoms with Crippen molar-refractivity contribution in [1.82, 2.24) is 19.5 Å². The minimum absolute atomic E-state index is 0.106. The lowest BCUT2D eigenvalue weighted by atomic mass is 9.63. The largest absolute Gasteiger partial charge is 0.309 e. The highest BCUT2D eigenvalue weighted by molar-refractivity contribution is 7.25. The van der Waals surface area contributed by atoms with Crippen LogP contribution in [0.2, 0.25) is 0 Å². The lowest BCUT2D eigenvalue weighted by Gasteiger charge is -2.42. The molecule has 0 unspecified atom stereocenters. The van der Waals surface area contributed by atoms with Crippen molar-refractivity contribution >= 4 is 64.1 Å². The number of rotatable bonds is 5. The number of hydrogen-bond donors (Lipinski definition) is 0. The van der Waals surface area contributed by atoms with Crippen molar-refractivity contribution < 1.29 is 0 Å². The van der Waals surface area contributed by atoms with Crippen molar-refractivity contribution in [2.45, 2.75) is 51.4 Å². The molecule has 0 fully saturated rings. The van der Waals surface area contributed by atoms with Gasteiger partial charge in [0.05, 0.1) is 11.0 Å². The topological polar surface area (TPSA) is 43.6 Å². The molecule has 1 aliphatic rings. The summed E-state index contributed by atoms with van der Waals surface area (Å²) in [5.74, 6) is 1.94. The third kappa shape index (κ3) is 5.90. The zero-order valence-electron chi connectivity index (χ0n) is 35.3. The van der Waals surface area contributed by atoms with E-state index in [9.17, 15) is 0 Å². The van der Waals surface area contributed by atoms with Crippen LogP contribution in [0.4, 0.5) is 0 Å². The van der Waals surface area contributed by atoms with Crippen LogP contribution in [0.5, 0.6) is 0 Å². The average Bonchev–Trinajstić information content (AvgIpc) is 3.86. The number of nitrogens with zero attached hydrogens (tertiary/aromatic N) is 4. The van der Waals surface area contributed by atoms with Crippen molar-refractivity contribution in [3.05, 3.63) is 181 Å². The van der Waals surface area contributed by atoms with Crippen LogP contribution < -0.4 is 0 Å². The minimum Gasteiger partial charge on any atom is -0.309 e. The van der Waals surface area contributed by atoms with E-state index in [4.69, 9.17) is 15.0 Å². The first-order valence-electron chi connectivity index (χ1n) is 21.6. The first-order chi connectivity index (χ1) is 30.2. The Kier molecular flexibility index (Phi) is 8.20. The second-order valence-electron chi connectivity index (χ2n) is 18.3. The number of para-hydroxylation sites is 1. The van der Waals surface area contributed by atoms with Gasteiger partial charge in [0.2, 0.25) is 0 Å². The van der Waals surface area contributed by atoms with Crippen LogP contribution in [-0.2, 0) is 10.8 Å². The summed E-state index contributed by atoms with van der Waals surface area (Å²) in [4.78, 5) is 15.5. The van der Waals surface area contributed by atoms with Gasteiger partial charge in [-0.1, -0.05) is 143 Å². The first kappa shape index (κ1) is 36.9. The summed E-state index contributed by atoms with van der Waals surface area (Å²) in [7, 11) is 0. The Hall–Kier alpha value is -6.95. The smallest absolute Gasteiger partial charge is 0.164 e. The van der Waals surface area contributed by atoms with E-state index < -0.39 is 0 Å². The molecule has 3 aromatic heterocycles. The second kappa shape index (κ2) is 13.8. The fraction of sp³-hybridized carbons (Fsp3) is 0.140. The van der Waals surface area contributed by atoms with Crippen LogP contribution in [0.25, 0.3) is 104 Å². The molecule has 11 aromatic rings. The molecule has 0 spiro atoms. The maximum atomic E-state index is 5.24. The molecule has 0 atom stereocenters. The molecule has 298 valence electrons. The number of thiophene rings is 1. The predicted octanol–water partition coefficient (Wildman–Crippen LogP) is 15.5. The Balaban J connectivity index is 1.01. The van der Waals surface area contributed by atoms with Gasteiger partial charge in [0.25, 0.3) is 0 Å². The molecule has 4 nitrogen and oxygen atoms in total. The van der Waals surface area contributed by atoms with E-state index in [-0.39, 0.29) is 10.8 Å². The maximum absolute atomic E-state index is 5.24. The van der Waals surface area contributed by atoms with Gasteiger partial charge in [-0.15, -0.1) is 11.3 Å². The summed E-state index contributed by atoms with van der Waals surface area (Å²) < 4.78 is 5.05. The Labute approximate surface area is 365 Å². The SMILES string of the molecule is CC1(C)CCC(C)(C)c2cc3c(cc21)c1ccccc1n3-c1ccc2ccc(-c3nc(-c4ccccc4)nc(-c4cccc(-c5cccc6sc7ccccc7c56)c4)n3)cc2c1. The van der Waals surface area contributed by atoms with Crippen molar-refractivity contribution in [2.24, 2.45) is 0 Å². The van der Waals surface area contributed by atoms with Gasteiger partial charge in [-0.25, -0.2) is 15.0 Å². The molecule has 0 N–H and O–H groups in total. The van der Waals surface area contributed by atoms with Crippen molar-refractivity contribution in [1.29, 1.82) is 0 Å². The van der Waals surface area contributed by atoms with E-state index in [1.54, 1.807) is 0 Å². The molecule has 12 rings (SSSR count). The number of aromatic nitrogens is 4. The summed E-state index contributed by atoms with van der Waals surface area (Å²) in [6, 6.07) is 61.5.